The molecule has 0 aromatic heterocycles. The molecule has 9 heteroatoms. The Morgan fingerprint density at radius 1 is 0.818 bits per heavy atom. The highest BCUT2D eigenvalue weighted by Gasteiger charge is 2.19. The van der Waals surface area contributed by atoms with Gasteiger partial charge in [-0.1, -0.05) is 35.9 Å². The van der Waals surface area contributed by atoms with Crippen molar-refractivity contribution in [1.82, 2.24) is 5.32 Å². The van der Waals surface area contributed by atoms with Crippen LogP contribution < -0.4 is 10.0 Å². The fourth-order valence-corrected chi connectivity index (χ4v) is 5.03. The van der Waals surface area contributed by atoms with Crippen LogP contribution in [0.4, 0.5) is 5.69 Å². The minimum absolute atomic E-state index is 0.133. The summed E-state index contributed by atoms with van der Waals surface area (Å²) in [5.74, 6) is -0.372. The van der Waals surface area contributed by atoms with Gasteiger partial charge in [0, 0.05) is 11.8 Å². The zero-order chi connectivity index (χ0) is 24.4. The van der Waals surface area contributed by atoms with Crippen molar-refractivity contribution in [2.45, 2.75) is 36.6 Å². The second kappa shape index (κ2) is 9.36. The molecular weight excluding hydrogens is 460 g/mol. The fourth-order valence-electron chi connectivity index (χ4n) is 3.27. The third-order valence-electron chi connectivity index (χ3n) is 5.31. The van der Waals surface area contributed by atoms with E-state index in [1.54, 1.807) is 56.3 Å². The van der Waals surface area contributed by atoms with E-state index in [0.717, 1.165) is 17.4 Å². The summed E-state index contributed by atoms with van der Waals surface area (Å²) >= 11 is 0. The monoisotopic (exact) mass is 486 g/mol. The molecule has 2 N–H and O–H groups in total. The van der Waals surface area contributed by atoms with Gasteiger partial charge in [-0.05, 0) is 68.3 Å². The van der Waals surface area contributed by atoms with Gasteiger partial charge in [-0.3, -0.25) is 9.52 Å². The van der Waals surface area contributed by atoms with Crippen LogP contribution in [0.3, 0.4) is 0 Å². The zero-order valence-corrected chi connectivity index (χ0v) is 20.4. The summed E-state index contributed by atoms with van der Waals surface area (Å²) in [7, 11) is -7.11. The largest absolute Gasteiger partial charge is 0.346 e. The SMILES string of the molecule is Cc1ccc(S(=O)(=O)Nc2cccc(C(=O)NC(C)c3ccc(S(C)(=O)=O)cc3)c2C)cc1. The lowest BCUT2D eigenvalue weighted by Gasteiger charge is -2.17. The van der Waals surface area contributed by atoms with E-state index in [9.17, 15) is 21.6 Å². The molecule has 3 aromatic carbocycles. The van der Waals surface area contributed by atoms with E-state index >= 15 is 0 Å². The van der Waals surface area contributed by atoms with Gasteiger partial charge in [-0.25, -0.2) is 16.8 Å². The number of sulfone groups is 1. The van der Waals surface area contributed by atoms with Crippen molar-refractivity contribution in [2.75, 3.05) is 11.0 Å². The van der Waals surface area contributed by atoms with Gasteiger partial charge < -0.3 is 5.32 Å². The van der Waals surface area contributed by atoms with E-state index in [2.05, 4.69) is 10.0 Å². The molecule has 0 bridgehead atoms. The van der Waals surface area contributed by atoms with Gasteiger partial charge in [0.1, 0.15) is 0 Å². The molecule has 0 saturated carbocycles. The third-order valence-corrected chi connectivity index (χ3v) is 7.82. The Balaban J connectivity index is 1.79. The zero-order valence-electron chi connectivity index (χ0n) is 18.8. The van der Waals surface area contributed by atoms with E-state index in [4.69, 9.17) is 0 Å². The fraction of sp³-hybridized carbons (Fsp3) is 0.208. The maximum absolute atomic E-state index is 12.9. The van der Waals surface area contributed by atoms with Gasteiger partial charge in [0.05, 0.1) is 21.5 Å². The molecule has 0 aliphatic heterocycles. The Kier molecular flexibility index (Phi) is 6.94. The average molecular weight is 487 g/mol. The van der Waals surface area contributed by atoms with Gasteiger partial charge in [-0.15, -0.1) is 0 Å². The number of nitrogens with one attached hydrogen (secondary N) is 2. The molecule has 0 heterocycles. The van der Waals surface area contributed by atoms with Crippen LogP contribution in [-0.4, -0.2) is 29.0 Å². The summed E-state index contributed by atoms with van der Waals surface area (Å²) in [5, 5.41) is 2.87. The van der Waals surface area contributed by atoms with Crippen LogP contribution in [0.25, 0.3) is 0 Å². The molecule has 0 radical (unpaired) electrons. The lowest BCUT2D eigenvalue weighted by molar-refractivity contribution is 0.0939. The Hall–Kier alpha value is -3.17. The molecule has 1 amide bonds. The van der Waals surface area contributed by atoms with Gasteiger partial charge in [0.15, 0.2) is 9.84 Å². The average Bonchev–Trinajstić information content (AvgIpc) is 2.74. The van der Waals surface area contributed by atoms with Crippen molar-refractivity contribution in [3.8, 4) is 0 Å². The molecule has 3 aromatic rings. The highest BCUT2D eigenvalue weighted by atomic mass is 32.2. The van der Waals surface area contributed by atoms with Crippen molar-refractivity contribution in [3.05, 3.63) is 89.0 Å². The van der Waals surface area contributed by atoms with Crippen molar-refractivity contribution < 1.29 is 21.6 Å². The normalized spacial score (nSPS) is 12.7. The highest BCUT2D eigenvalue weighted by molar-refractivity contribution is 7.92. The van der Waals surface area contributed by atoms with Gasteiger partial charge >= 0.3 is 0 Å². The van der Waals surface area contributed by atoms with Crippen LogP contribution in [0.15, 0.2) is 76.5 Å². The van der Waals surface area contributed by atoms with E-state index in [-0.39, 0.29) is 15.7 Å². The second-order valence-corrected chi connectivity index (χ2v) is 11.6. The van der Waals surface area contributed by atoms with Crippen LogP contribution in [0, 0.1) is 13.8 Å². The minimum Gasteiger partial charge on any atom is -0.346 e. The first-order valence-corrected chi connectivity index (χ1v) is 13.6. The van der Waals surface area contributed by atoms with Gasteiger partial charge in [0.2, 0.25) is 0 Å². The molecular formula is C24H26N2O5S2. The van der Waals surface area contributed by atoms with Crippen LogP contribution in [0.5, 0.6) is 0 Å². The molecule has 0 fully saturated rings. The molecule has 1 unspecified atom stereocenters. The minimum atomic E-state index is -3.81. The number of aryl methyl sites for hydroxylation is 1. The summed E-state index contributed by atoms with van der Waals surface area (Å²) < 4.78 is 51.3. The van der Waals surface area contributed by atoms with E-state index in [0.29, 0.717) is 16.8 Å². The first-order chi connectivity index (χ1) is 15.4. The first-order valence-electron chi connectivity index (χ1n) is 10.2. The number of anilines is 1. The summed E-state index contributed by atoms with van der Waals surface area (Å²) in [6.45, 7) is 5.33. The first kappa shape index (κ1) is 24.5. The third kappa shape index (κ3) is 5.80. The Morgan fingerprint density at radius 3 is 1.97 bits per heavy atom. The second-order valence-electron chi connectivity index (χ2n) is 7.93. The van der Waals surface area contributed by atoms with Crippen LogP contribution in [0.1, 0.15) is 40.0 Å². The van der Waals surface area contributed by atoms with E-state index < -0.39 is 25.9 Å². The Bertz CT molecular complexity index is 1380. The maximum atomic E-state index is 12.9. The maximum Gasteiger partial charge on any atom is 0.261 e. The number of benzene rings is 3. The molecule has 3 rings (SSSR count). The van der Waals surface area contributed by atoms with Crippen LogP contribution in [-0.2, 0) is 19.9 Å². The lowest BCUT2D eigenvalue weighted by atomic mass is 10.0. The van der Waals surface area contributed by atoms with Gasteiger partial charge in [0.25, 0.3) is 15.9 Å². The van der Waals surface area contributed by atoms with Crippen molar-refractivity contribution in [2.24, 2.45) is 0 Å². The Morgan fingerprint density at radius 2 is 1.39 bits per heavy atom. The van der Waals surface area contributed by atoms with Crippen molar-refractivity contribution in [3.63, 3.8) is 0 Å². The lowest BCUT2D eigenvalue weighted by Crippen LogP contribution is -2.27. The number of carbonyl (C=O) groups excluding carboxylic acids is 1. The highest BCUT2D eigenvalue weighted by Crippen LogP contribution is 2.24. The number of rotatable bonds is 7. The molecule has 174 valence electrons. The van der Waals surface area contributed by atoms with E-state index in [1.807, 2.05) is 6.92 Å². The number of carbonyl (C=O) groups is 1. The molecule has 0 saturated heterocycles. The quantitative estimate of drug-likeness (QED) is 0.525. The Labute approximate surface area is 194 Å². The standard InChI is InChI=1S/C24H26N2O5S2/c1-16-8-12-21(13-9-16)33(30,31)26-23-7-5-6-22(17(23)2)24(27)25-18(3)19-10-14-20(15-11-19)32(4,28)29/h5-15,18,26H,1-4H3,(H,25,27). The number of amides is 1. The van der Waals surface area contributed by atoms with E-state index in [1.165, 1.54) is 24.3 Å². The van der Waals surface area contributed by atoms with Crippen molar-refractivity contribution >= 4 is 31.5 Å². The van der Waals surface area contributed by atoms with Crippen molar-refractivity contribution in [1.29, 1.82) is 0 Å². The molecule has 1 atom stereocenters. The topological polar surface area (TPSA) is 109 Å². The predicted molar refractivity (Wildman–Crippen MR) is 129 cm³/mol. The van der Waals surface area contributed by atoms with Crippen LogP contribution >= 0.6 is 0 Å². The molecule has 0 aliphatic rings. The molecule has 7 nitrogen and oxygen atoms in total. The molecule has 0 aliphatic carbocycles. The molecule has 0 spiro atoms. The summed E-state index contributed by atoms with van der Waals surface area (Å²) in [5.41, 5.74) is 2.82. The summed E-state index contributed by atoms with van der Waals surface area (Å²) in [6, 6.07) is 17.2. The predicted octanol–water partition coefficient (Wildman–Crippen LogP) is 4.00. The number of sulfonamides is 1. The number of hydrogen-bond donors (Lipinski definition) is 2. The summed E-state index contributed by atoms with van der Waals surface area (Å²) in [4.78, 5) is 13.3. The molecule has 33 heavy (non-hydrogen) atoms. The summed E-state index contributed by atoms with van der Waals surface area (Å²) in [6.07, 6.45) is 1.13. The van der Waals surface area contributed by atoms with Gasteiger partial charge in [-0.2, -0.15) is 0 Å². The smallest absolute Gasteiger partial charge is 0.261 e. The van der Waals surface area contributed by atoms with Crippen LogP contribution in [0.2, 0.25) is 0 Å². The number of hydrogen-bond acceptors (Lipinski definition) is 5.